The summed E-state index contributed by atoms with van der Waals surface area (Å²) in [5.41, 5.74) is 2.19. The highest BCUT2D eigenvalue weighted by atomic mass is 19.1. The maximum atomic E-state index is 13.3. The van der Waals surface area contributed by atoms with Crippen LogP contribution in [0.5, 0.6) is 0 Å². The highest BCUT2D eigenvalue weighted by Gasteiger charge is 2.40. The second kappa shape index (κ2) is 7.62. The van der Waals surface area contributed by atoms with Gasteiger partial charge >= 0.3 is 0 Å². The van der Waals surface area contributed by atoms with Crippen LogP contribution in [0.4, 0.5) is 4.39 Å². The third-order valence-corrected chi connectivity index (χ3v) is 5.35. The molecule has 2 aliphatic heterocycles. The predicted molar refractivity (Wildman–Crippen MR) is 101 cm³/mol. The second-order valence-electron chi connectivity index (χ2n) is 7.42. The average molecular weight is 388 g/mol. The van der Waals surface area contributed by atoms with E-state index in [0.717, 1.165) is 17.9 Å². The molecule has 2 fully saturated rings. The minimum atomic E-state index is -0.515. The molecule has 0 aliphatic carbocycles. The van der Waals surface area contributed by atoms with Crippen LogP contribution in [0.3, 0.4) is 0 Å². The van der Waals surface area contributed by atoms with E-state index in [-0.39, 0.29) is 11.7 Å². The quantitative estimate of drug-likeness (QED) is 0.844. The van der Waals surface area contributed by atoms with Gasteiger partial charge in [0.15, 0.2) is 0 Å². The summed E-state index contributed by atoms with van der Waals surface area (Å²) in [6.07, 6.45) is 0. The first-order chi connectivity index (χ1) is 13.5. The summed E-state index contributed by atoms with van der Waals surface area (Å²) >= 11 is 0. The molecule has 1 aromatic carbocycles. The van der Waals surface area contributed by atoms with E-state index in [2.05, 4.69) is 10.4 Å². The van der Waals surface area contributed by atoms with Gasteiger partial charge in [-0.1, -0.05) is 0 Å². The maximum Gasteiger partial charge on any atom is 0.257 e. The van der Waals surface area contributed by atoms with Crippen molar-refractivity contribution in [3.05, 3.63) is 47.0 Å². The van der Waals surface area contributed by atoms with Crippen molar-refractivity contribution in [2.75, 3.05) is 46.0 Å². The maximum absolute atomic E-state index is 13.3. The number of ether oxygens (including phenoxy) is 2. The number of hydrogen-bond acceptors (Lipinski definition) is 5. The summed E-state index contributed by atoms with van der Waals surface area (Å²) in [5.74, 6) is -0.366. The van der Waals surface area contributed by atoms with Crippen LogP contribution < -0.4 is 5.32 Å². The largest absolute Gasteiger partial charge is 0.377 e. The summed E-state index contributed by atoms with van der Waals surface area (Å²) in [6, 6.07) is 6.08. The van der Waals surface area contributed by atoms with Crippen LogP contribution in [0.2, 0.25) is 0 Å². The third-order valence-electron chi connectivity index (χ3n) is 5.35. The van der Waals surface area contributed by atoms with E-state index in [4.69, 9.17) is 9.47 Å². The molecule has 0 saturated carbocycles. The Kier molecular flexibility index (Phi) is 5.18. The molecule has 1 atom stereocenters. The molecule has 3 heterocycles. The number of amides is 1. The summed E-state index contributed by atoms with van der Waals surface area (Å²) in [7, 11) is 0. The Morgan fingerprint density at radius 1 is 1.25 bits per heavy atom. The Morgan fingerprint density at radius 3 is 2.82 bits per heavy atom. The number of carbonyl (C=O) groups is 1. The molecule has 1 spiro atoms. The summed E-state index contributed by atoms with van der Waals surface area (Å²) < 4.78 is 26.6. The first-order valence-corrected chi connectivity index (χ1v) is 9.53. The van der Waals surface area contributed by atoms with Crippen molar-refractivity contribution >= 4 is 5.91 Å². The van der Waals surface area contributed by atoms with Gasteiger partial charge in [0.05, 0.1) is 49.0 Å². The zero-order chi connectivity index (χ0) is 19.7. The molecule has 1 amide bonds. The highest BCUT2D eigenvalue weighted by Crippen LogP contribution is 2.24. The van der Waals surface area contributed by atoms with Gasteiger partial charge in [-0.05, 0) is 38.1 Å². The van der Waals surface area contributed by atoms with Gasteiger partial charge in [-0.15, -0.1) is 0 Å². The monoisotopic (exact) mass is 388 g/mol. The first kappa shape index (κ1) is 19.0. The molecule has 2 aromatic rings. The van der Waals surface area contributed by atoms with Gasteiger partial charge in [0.2, 0.25) is 0 Å². The minimum Gasteiger partial charge on any atom is -0.377 e. The van der Waals surface area contributed by atoms with Gasteiger partial charge in [-0.2, -0.15) is 5.10 Å². The topological polar surface area (TPSA) is 68.6 Å². The molecule has 0 unspecified atom stereocenters. The number of carbonyl (C=O) groups excluding carboxylic acids is 1. The van der Waals surface area contributed by atoms with E-state index < -0.39 is 5.60 Å². The number of halogens is 1. The van der Waals surface area contributed by atoms with E-state index in [1.54, 1.807) is 16.8 Å². The van der Waals surface area contributed by atoms with E-state index in [0.29, 0.717) is 50.7 Å². The number of nitrogens with zero attached hydrogens (tertiary/aromatic N) is 3. The van der Waals surface area contributed by atoms with Gasteiger partial charge < -0.3 is 19.7 Å². The summed E-state index contributed by atoms with van der Waals surface area (Å²) in [6.45, 7) is 7.71. The Balaban J connectivity index is 1.60. The number of nitrogens with one attached hydrogen (secondary N) is 1. The van der Waals surface area contributed by atoms with Crippen molar-refractivity contribution in [1.29, 1.82) is 0 Å². The van der Waals surface area contributed by atoms with E-state index >= 15 is 0 Å². The molecule has 28 heavy (non-hydrogen) atoms. The van der Waals surface area contributed by atoms with E-state index in [1.165, 1.54) is 12.1 Å². The van der Waals surface area contributed by atoms with Crippen LogP contribution in [-0.4, -0.2) is 72.2 Å². The smallest absolute Gasteiger partial charge is 0.257 e. The van der Waals surface area contributed by atoms with Crippen LogP contribution in [0, 0.1) is 19.7 Å². The minimum absolute atomic E-state index is 0.0599. The van der Waals surface area contributed by atoms with Crippen LogP contribution in [0.25, 0.3) is 5.69 Å². The lowest BCUT2D eigenvalue weighted by Crippen LogP contribution is -2.59. The Morgan fingerprint density at radius 2 is 2.04 bits per heavy atom. The Labute approximate surface area is 163 Å². The number of benzene rings is 1. The first-order valence-electron chi connectivity index (χ1n) is 9.53. The number of aromatic nitrogens is 2. The van der Waals surface area contributed by atoms with Gasteiger partial charge in [0.25, 0.3) is 5.91 Å². The van der Waals surface area contributed by atoms with Crippen molar-refractivity contribution in [3.8, 4) is 5.69 Å². The van der Waals surface area contributed by atoms with Crippen LogP contribution in [0.15, 0.2) is 24.3 Å². The van der Waals surface area contributed by atoms with Gasteiger partial charge in [-0.25, -0.2) is 9.07 Å². The van der Waals surface area contributed by atoms with Crippen molar-refractivity contribution in [2.24, 2.45) is 0 Å². The summed E-state index contributed by atoms with van der Waals surface area (Å²) in [5, 5.41) is 7.85. The van der Waals surface area contributed by atoms with Crippen molar-refractivity contribution < 1.29 is 18.7 Å². The lowest BCUT2D eigenvalue weighted by molar-refractivity contribution is -0.125. The fourth-order valence-corrected chi connectivity index (χ4v) is 3.93. The highest BCUT2D eigenvalue weighted by molar-refractivity contribution is 5.96. The fourth-order valence-electron chi connectivity index (χ4n) is 3.93. The normalized spacial score (nSPS) is 23.0. The van der Waals surface area contributed by atoms with Crippen molar-refractivity contribution in [3.63, 3.8) is 0 Å². The lowest BCUT2D eigenvalue weighted by atomic mass is 10.0. The molecule has 2 saturated heterocycles. The molecule has 7 nitrogen and oxygen atoms in total. The SMILES string of the molecule is Cc1nn(-c2ccc(F)cc2)c(C)c1C(=O)N1CCO[C@@]2(CNCCOC2)C1. The van der Waals surface area contributed by atoms with Crippen LogP contribution in [0.1, 0.15) is 21.7 Å². The second-order valence-corrected chi connectivity index (χ2v) is 7.42. The Hall–Kier alpha value is -2.29. The molecule has 8 heteroatoms. The zero-order valence-electron chi connectivity index (χ0n) is 16.2. The van der Waals surface area contributed by atoms with Crippen molar-refractivity contribution in [2.45, 2.75) is 19.4 Å². The molecular formula is C20H25FN4O3. The van der Waals surface area contributed by atoms with Gasteiger partial charge in [0.1, 0.15) is 11.4 Å². The van der Waals surface area contributed by atoms with Gasteiger partial charge in [-0.3, -0.25) is 4.79 Å². The molecule has 150 valence electrons. The number of hydrogen-bond donors (Lipinski definition) is 1. The third kappa shape index (κ3) is 3.55. The molecule has 1 aromatic heterocycles. The van der Waals surface area contributed by atoms with E-state index in [9.17, 15) is 9.18 Å². The number of aryl methyl sites for hydroxylation is 1. The van der Waals surface area contributed by atoms with Crippen LogP contribution >= 0.6 is 0 Å². The molecule has 2 aliphatic rings. The zero-order valence-corrected chi connectivity index (χ0v) is 16.2. The molecule has 0 radical (unpaired) electrons. The average Bonchev–Trinajstić information content (AvgIpc) is 2.84. The molecule has 4 rings (SSSR count). The molecular weight excluding hydrogens is 363 g/mol. The Bertz CT molecular complexity index is 857. The number of rotatable bonds is 2. The predicted octanol–water partition coefficient (Wildman–Crippen LogP) is 1.46. The molecule has 0 bridgehead atoms. The van der Waals surface area contributed by atoms with E-state index in [1.807, 2.05) is 18.7 Å². The molecule has 1 N–H and O–H groups in total. The summed E-state index contributed by atoms with van der Waals surface area (Å²) in [4.78, 5) is 15.2. The van der Waals surface area contributed by atoms with Crippen molar-refractivity contribution in [1.82, 2.24) is 20.0 Å². The van der Waals surface area contributed by atoms with Gasteiger partial charge in [0, 0.05) is 19.6 Å². The number of morpholine rings is 1. The standard InChI is InChI=1S/C20H25FN4O3/c1-14-18(15(2)25(23-14)17-5-3-16(21)4-6-17)19(26)24-8-10-28-20(12-24)11-22-7-9-27-13-20/h3-6,22H,7-13H2,1-2H3/t20-/m0/s1. The lowest BCUT2D eigenvalue weighted by Gasteiger charge is -2.41. The van der Waals surface area contributed by atoms with Crippen LogP contribution in [-0.2, 0) is 9.47 Å². The fraction of sp³-hybridized carbons (Fsp3) is 0.500.